The highest BCUT2D eigenvalue weighted by Gasteiger charge is 2.29. The third-order valence-corrected chi connectivity index (χ3v) is 4.51. The molecular formula is C18H18FN7O3. The third kappa shape index (κ3) is 3.72. The normalized spacial score (nSPS) is 17.2. The summed E-state index contributed by atoms with van der Waals surface area (Å²) >= 11 is 0. The van der Waals surface area contributed by atoms with Crippen LogP contribution >= 0.6 is 0 Å². The predicted molar refractivity (Wildman–Crippen MR) is 98.8 cm³/mol. The number of anilines is 1. The largest absolute Gasteiger partial charge is 0.491 e. The minimum Gasteiger partial charge on any atom is -0.491 e. The highest BCUT2D eigenvalue weighted by molar-refractivity contribution is 5.98. The lowest BCUT2D eigenvalue weighted by Crippen LogP contribution is -2.41. The number of halogens is 1. The van der Waals surface area contributed by atoms with Crippen molar-refractivity contribution in [3.05, 3.63) is 54.2 Å². The van der Waals surface area contributed by atoms with Crippen molar-refractivity contribution >= 4 is 11.9 Å². The van der Waals surface area contributed by atoms with Gasteiger partial charge in [-0.25, -0.2) is 10.0 Å². The lowest BCUT2D eigenvalue weighted by molar-refractivity contribution is 0.0596. The number of rotatable bonds is 3. The van der Waals surface area contributed by atoms with Crippen LogP contribution in [0, 0.1) is 5.82 Å². The summed E-state index contributed by atoms with van der Waals surface area (Å²) in [6.45, 7) is 2.58. The van der Waals surface area contributed by atoms with Gasteiger partial charge in [0.1, 0.15) is 0 Å². The molecule has 0 saturated carbocycles. The molecule has 0 spiro atoms. The Labute approximate surface area is 165 Å². The van der Waals surface area contributed by atoms with Gasteiger partial charge in [0.15, 0.2) is 0 Å². The average Bonchev–Trinajstić information content (AvgIpc) is 3.20. The van der Waals surface area contributed by atoms with Crippen LogP contribution in [0.25, 0.3) is 5.69 Å². The minimum atomic E-state index is -0.919. The van der Waals surface area contributed by atoms with Gasteiger partial charge in [0.05, 0.1) is 49.0 Å². The molecule has 11 heteroatoms. The fourth-order valence-electron chi connectivity index (χ4n) is 3.02. The molecule has 1 N–H and O–H groups in total. The van der Waals surface area contributed by atoms with Crippen LogP contribution in [0.15, 0.2) is 42.9 Å². The summed E-state index contributed by atoms with van der Waals surface area (Å²) < 4.78 is 13.2. The van der Waals surface area contributed by atoms with Crippen molar-refractivity contribution < 1.29 is 19.1 Å². The Morgan fingerprint density at radius 3 is 2.76 bits per heavy atom. The van der Waals surface area contributed by atoms with Crippen LogP contribution < -0.4 is 5.06 Å². The maximum Gasteiger partial charge on any atom is 0.256 e. The molecular weight excluding hydrogens is 381 g/mol. The topological polar surface area (TPSA) is 110 Å². The fraction of sp³-hybridized carbons (Fsp3) is 0.278. The molecule has 1 aliphatic rings. The Morgan fingerprint density at radius 2 is 2.00 bits per heavy atom. The highest BCUT2D eigenvalue weighted by Crippen LogP contribution is 2.21. The number of aromatic hydroxyl groups is 1. The number of benzene rings is 1. The molecule has 0 aliphatic carbocycles. The SMILES string of the molecule is C[C@@H]1CON(c2ncc(F)c(O)n2)CCN1C(=O)c1ccccc1-n1nccn1. The summed E-state index contributed by atoms with van der Waals surface area (Å²) in [5.74, 6) is -1.85. The molecule has 4 rings (SSSR count). The summed E-state index contributed by atoms with van der Waals surface area (Å²) in [4.78, 5) is 29.5. The average molecular weight is 399 g/mol. The molecule has 1 atom stereocenters. The highest BCUT2D eigenvalue weighted by atomic mass is 19.1. The number of nitrogens with zero attached hydrogens (tertiary/aromatic N) is 7. The van der Waals surface area contributed by atoms with Gasteiger partial charge < -0.3 is 10.0 Å². The van der Waals surface area contributed by atoms with Crippen LogP contribution in [0.5, 0.6) is 5.88 Å². The van der Waals surface area contributed by atoms with Gasteiger partial charge in [0, 0.05) is 6.54 Å². The quantitative estimate of drug-likeness (QED) is 0.699. The first kappa shape index (κ1) is 18.7. The van der Waals surface area contributed by atoms with E-state index in [1.54, 1.807) is 35.5 Å². The Kier molecular flexibility index (Phi) is 5.04. The fourth-order valence-corrected chi connectivity index (χ4v) is 3.02. The summed E-state index contributed by atoms with van der Waals surface area (Å²) in [5, 5.41) is 19.0. The standard InChI is InChI=1S/C18H18FN7O3/c1-12-11-29-25(18-20-10-14(19)16(27)23-18)9-8-24(12)17(28)13-4-2-3-5-15(13)26-21-6-7-22-26/h2-7,10,12H,8-9,11H2,1H3,(H,20,23,27)/t12-/m1/s1. The van der Waals surface area contributed by atoms with Crippen molar-refractivity contribution in [2.45, 2.75) is 13.0 Å². The van der Waals surface area contributed by atoms with E-state index in [0.717, 1.165) is 6.20 Å². The van der Waals surface area contributed by atoms with E-state index in [9.17, 15) is 14.3 Å². The van der Waals surface area contributed by atoms with Crippen molar-refractivity contribution in [1.82, 2.24) is 29.9 Å². The van der Waals surface area contributed by atoms with Gasteiger partial charge in [-0.05, 0) is 19.1 Å². The van der Waals surface area contributed by atoms with E-state index in [1.807, 2.05) is 13.0 Å². The van der Waals surface area contributed by atoms with Crippen molar-refractivity contribution in [2.24, 2.45) is 0 Å². The molecule has 1 aliphatic heterocycles. The maximum atomic E-state index is 13.3. The van der Waals surface area contributed by atoms with Gasteiger partial charge in [-0.3, -0.25) is 9.63 Å². The molecule has 10 nitrogen and oxygen atoms in total. The van der Waals surface area contributed by atoms with Gasteiger partial charge in [-0.2, -0.15) is 24.4 Å². The molecule has 3 aromatic rings. The predicted octanol–water partition coefficient (Wildman–Crippen LogP) is 1.18. The second-order valence-corrected chi connectivity index (χ2v) is 6.42. The second kappa shape index (κ2) is 7.80. The lowest BCUT2D eigenvalue weighted by Gasteiger charge is -2.26. The zero-order valence-corrected chi connectivity index (χ0v) is 15.5. The van der Waals surface area contributed by atoms with E-state index in [1.165, 1.54) is 9.86 Å². The number of carbonyl (C=O) groups excluding carboxylic acids is 1. The minimum absolute atomic E-state index is 0.0199. The molecule has 1 aromatic carbocycles. The van der Waals surface area contributed by atoms with Crippen molar-refractivity contribution in [2.75, 3.05) is 24.8 Å². The van der Waals surface area contributed by atoms with Crippen LogP contribution in [-0.2, 0) is 4.84 Å². The van der Waals surface area contributed by atoms with E-state index in [4.69, 9.17) is 4.84 Å². The van der Waals surface area contributed by atoms with E-state index in [2.05, 4.69) is 20.2 Å². The first-order chi connectivity index (χ1) is 14.0. The number of hydrogen-bond donors (Lipinski definition) is 1. The van der Waals surface area contributed by atoms with E-state index >= 15 is 0 Å². The number of carbonyl (C=O) groups is 1. The molecule has 0 radical (unpaired) electrons. The lowest BCUT2D eigenvalue weighted by atomic mass is 10.1. The maximum absolute atomic E-state index is 13.3. The van der Waals surface area contributed by atoms with Gasteiger partial charge in [-0.1, -0.05) is 12.1 Å². The molecule has 150 valence electrons. The molecule has 1 amide bonds. The van der Waals surface area contributed by atoms with Gasteiger partial charge >= 0.3 is 0 Å². The zero-order chi connectivity index (χ0) is 20.4. The zero-order valence-electron chi connectivity index (χ0n) is 15.5. The Morgan fingerprint density at radius 1 is 1.24 bits per heavy atom. The van der Waals surface area contributed by atoms with Gasteiger partial charge in [-0.15, -0.1) is 0 Å². The molecule has 2 aromatic heterocycles. The molecule has 0 unspecified atom stereocenters. The van der Waals surface area contributed by atoms with Crippen LogP contribution in [0.2, 0.25) is 0 Å². The summed E-state index contributed by atoms with van der Waals surface area (Å²) in [5.41, 5.74) is 1.03. The molecule has 0 bridgehead atoms. The summed E-state index contributed by atoms with van der Waals surface area (Å²) in [7, 11) is 0. The van der Waals surface area contributed by atoms with Crippen molar-refractivity contribution in [3.8, 4) is 11.6 Å². The van der Waals surface area contributed by atoms with Gasteiger partial charge in [0.2, 0.25) is 5.82 Å². The number of hydrogen-bond acceptors (Lipinski definition) is 8. The van der Waals surface area contributed by atoms with Crippen LogP contribution in [-0.4, -0.2) is 66.6 Å². The van der Waals surface area contributed by atoms with Crippen LogP contribution in [0.4, 0.5) is 10.3 Å². The first-order valence-electron chi connectivity index (χ1n) is 8.93. The Balaban J connectivity index is 1.57. The number of amides is 1. The Bertz CT molecular complexity index is 1010. The van der Waals surface area contributed by atoms with E-state index < -0.39 is 11.7 Å². The van der Waals surface area contributed by atoms with Crippen molar-refractivity contribution in [1.29, 1.82) is 0 Å². The Hall–Kier alpha value is -3.60. The summed E-state index contributed by atoms with van der Waals surface area (Å²) in [6, 6.07) is 6.83. The smallest absolute Gasteiger partial charge is 0.256 e. The van der Waals surface area contributed by atoms with E-state index in [0.29, 0.717) is 17.8 Å². The molecule has 29 heavy (non-hydrogen) atoms. The molecule has 1 saturated heterocycles. The van der Waals surface area contributed by atoms with Gasteiger partial charge in [0.25, 0.3) is 17.7 Å². The summed E-state index contributed by atoms with van der Waals surface area (Å²) in [6.07, 6.45) is 3.95. The second-order valence-electron chi connectivity index (χ2n) is 6.42. The van der Waals surface area contributed by atoms with Crippen molar-refractivity contribution in [3.63, 3.8) is 0 Å². The molecule has 1 fully saturated rings. The van der Waals surface area contributed by atoms with Crippen LogP contribution in [0.1, 0.15) is 17.3 Å². The molecule has 3 heterocycles. The third-order valence-electron chi connectivity index (χ3n) is 4.51. The van der Waals surface area contributed by atoms with Crippen LogP contribution in [0.3, 0.4) is 0 Å². The first-order valence-corrected chi connectivity index (χ1v) is 8.93. The number of para-hydroxylation sites is 1. The monoisotopic (exact) mass is 399 g/mol. The number of aromatic nitrogens is 5. The number of hydroxylamine groups is 1. The van der Waals surface area contributed by atoms with E-state index in [-0.39, 0.29) is 31.0 Å².